The van der Waals surface area contributed by atoms with Crippen molar-refractivity contribution in [1.82, 2.24) is 0 Å². The lowest BCUT2D eigenvalue weighted by molar-refractivity contribution is -0.201. The maximum atomic E-state index is 12.6. The highest BCUT2D eigenvalue weighted by Gasteiger charge is 2.65. The smallest absolute Gasteiger partial charge is 0.334 e. The molecule has 0 aromatic carbocycles. The summed E-state index contributed by atoms with van der Waals surface area (Å²) in [5, 5.41) is 0. The Balaban J connectivity index is 2.69. The molecule has 31 heavy (non-hydrogen) atoms. The lowest BCUT2D eigenvalue weighted by atomic mass is 9.57. The van der Waals surface area contributed by atoms with Gasteiger partial charge in [0.25, 0.3) is 0 Å². The van der Waals surface area contributed by atoms with E-state index in [2.05, 4.69) is 19.7 Å². The lowest BCUT2D eigenvalue weighted by Gasteiger charge is -2.52. The van der Waals surface area contributed by atoms with Crippen LogP contribution in [-0.4, -0.2) is 42.5 Å². The molecule has 0 aromatic heterocycles. The van der Waals surface area contributed by atoms with Crippen molar-refractivity contribution in [3.63, 3.8) is 0 Å². The van der Waals surface area contributed by atoms with Gasteiger partial charge >= 0.3 is 17.9 Å². The highest BCUT2D eigenvalue weighted by molar-refractivity contribution is 5.92. The summed E-state index contributed by atoms with van der Waals surface area (Å²) >= 11 is 0. The maximum Gasteiger partial charge on any atom is 0.334 e. The summed E-state index contributed by atoms with van der Waals surface area (Å²) in [4.78, 5) is 49.4. The molecule has 1 heterocycles. The van der Waals surface area contributed by atoms with Gasteiger partial charge in [-0.05, 0) is 19.4 Å². The van der Waals surface area contributed by atoms with Crippen molar-refractivity contribution in [2.45, 2.75) is 52.9 Å². The van der Waals surface area contributed by atoms with Gasteiger partial charge in [0.15, 0.2) is 6.10 Å². The van der Waals surface area contributed by atoms with Gasteiger partial charge in [-0.3, -0.25) is 9.59 Å². The Morgan fingerprint density at radius 3 is 2.35 bits per heavy atom. The number of ether oxygens (including phenoxy) is 3. The summed E-state index contributed by atoms with van der Waals surface area (Å²) in [6.45, 7) is 19.9. The normalized spacial score (nSPS) is 32.7. The molecule has 0 N–H and O–H groups in total. The van der Waals surface area contributed by atoms with Crippen molar-refractivity contribution in [1.29, 1.82) is 0 Å². The van der Waals surface area contributed by atoms with Gasteiger partial charge in [0.05, 0.1) is 11.8 Å². The largest absolute Gasteiger partial charge is 0.458 e. The van der Waals surface area contributed by atoms with Crippen molar-refractivity contribution in [3.05, 3.63) is 48.6 Å². The number of carbonyl (C=O) groups excluding carboxylic acids is 4. The molecule has 1 aliphatic heterocycles. The molecule has 0 aromatic rings. The predicted octanol–water partition coefficient (Wildman–Crippen LogP) is 3.11. The summed E-state index contributed by atoms with van der Waals surface area (Å²) in [5.41, 5.74) is -0.559. The van der Waals surface area contributed by atoms with Crippen LogP contribution in [0.5, 0.6) is 0 Å². The van der Waals surface area contributed by atoms with Crippen molar-refractivity contribution < 1.29 is 33.4 Å². The van der Waals surface area contributed by atoms with Gasteiger partial charge in [-0.1, -0.05) is 46.1 Å². The van der Waals surface area contributed by atoms with E-state index in [0.29, 0.717) is 11.9 Å². The fourth-order valence-corrected chi connectivity index (χ4v) is 4.19. The highest BCUT2D eigenvalue weighted by atomic mass is 16.6. The summed E-state index contributed by atoms with van der Waals surface area (Å²) in [7, 11) is 0. The van der Waals surface area contributed by atoms with Gasteiger partial charge in [-0.25, -0.2) is 9.59 Å². The van der Waals surface area contributed by atoms with E-state index in [1.54, 1.807) is 40.7 Å². The highest BCUT2D eigenvalue weighted by Crippen LogP contribution is 2.54. The maximum absolute atomic E-state index is 12.6. The predicted molar refractivity (Wildman–Crippen MR) is 114 cm³/mol. The Kier molecular flexibility index (Phi) is 7.09. The fraction of sp³-hybridized carbons (Fsp3) is 0.500. The molecule has 2 fully saturated rings. The number of esters is 3. The van der Waals surface area contributed by atoms with Gasteiger partial charge in [-0.15, -0.1) is 6.58 Å². The van der Waals surface area contributed by atoms with Crippen molar-refractivity contribution >= 4 is 24.2 Å². The minimum absolute atomic E-state index is 0.0846. The van der Waals surface area contributed by atoms with Crippen LogP contribution in [0.25, 0.3) is 0 Å². The van der Waals surface area contributed by atoms with E-state index in [4.69, 9.17) is 14.2 Å². The third kappa shape index (κ3) is 4.13. The molecule has 1 saturated heterocycles. The van der Waals surface area contributed by atoms with E-state index in [-0.39, 0.29) is 11.1 Å². The number of fused-ring (bicyclic) bond motifs is 1. The van der Waals surface area contributed by atoms with Crippen LogP contribution >= 0.6 is 0 Å². The van der Waals surface area contributed by atoms with Gasteiger partial charge in [0, 0.05) is 22.5 Å². The van der Waals surface area contributed by atoms with Crippen LogP contribution in [0, 0.1) is 23.2 Å². The van der Waals surface area contributed by atoms with Crippen LogP contribution in [-0.2, 0) is 33.4 Å². The molecule has 2 aliphatic rings. The van der Waals surface area contributed by atoms with Crippen LogP contribution < -0.4 is 0 Å². The van der Waals surface area contributed by atoms with E-state index in [9.17, 15) is 19.2 Å². The molecular formula is C24H30O7. The summed E-state index contributed by atoms with van der Waals surface area (Å²) < 4.78 is 17.1. The number of carbonyl (C=O) groups is 4. The summed E-state index contributed by atoms with van der Waals surface area (Å²) in [6, 6.07) is 0. The van der Waals surface area contributed by atoms with E-state index in [1.165, 1.54) is 6.08 Å². The Hall–Kier alpha value is -2.96. The van der Waals surface area contributed by atoms with Crippen LogP contribution in [0.4, 0.5) is 0 Å². The minimum Gasteiger partial charge on any atom is -0.458 e. The Labute approximate surface area is 182 Å². The minimum atomic E-state index is -1.12. The second-order valence-electron chi connectivity index (χ2n) is 8.52. The quantitative estimate of drug-likeness (QED) is 0.201. The second-order valence-corrected chi connectivity index (χ2v) is 8.52. The Bertz CT molecular complexity index is 865. The van der Waals surface area contributed by atoms with Crippen molar-refractivity contribution in [2.75, 3.05) is 0 Å². The third-order valence-electron chi connectivity index (χ3n) is 6.23. The Morgan fingerprint density at radius 1 is 1.26 bits per heavy atom. The van der Waals surface area contributed by atoms with Crippen molar-refractivity contribution in [3.8, 4) is 0 Å². The van der Waals surface area contributed by atoms with Gasteiger partial charge in [0.1, 0.15) is 18.5 Å². The van der Waals surface area contributed by atoms with E-state index >= 15 is 0 Å². The first kappa shape index (κ1) is 24.3. The third-order valence-corrected chi connectivity index (χ3v) is 6.23. The lowest BCUT2D eigenvalue weighted by Crippen LogP contribution is -2.62. The van der Waals surface area contributed by atoms with Crippen LogP contribution in [0.1, 0.15) is 34.6 Å². The average Bonchev–Trinajstić information content (AvgIpc) is 3.03. The first-order valence-corrected chi connectivity index (χ1v) is 10.2. The molecule has 7 nitrogen and oxygen atoms in total. The zero-order chi connectivity index (χ0) is 23.7. The first-order valence-electron chi connectivity index (χ1n) is 10.2. The van der Waals surface area contributed by atoms with Crippen LogP contribution in [0.15, 0.2) is 48.6 Å². The first-order chi connectivity index (χ1) is 14.4. The molecule has 0 radical (unpaired) electrons. The summed E-state index contributed by atoms with van der Waals surface area (Å²) in [5.74, 6) is -3.86. The SMILES string of the molecule is C=CC1(C)C(OC(=O)C(C)C)C2OC(=O)C(=C)C2C(OC(=O)C(C)=CC)C1C(=C)C=O. The van der Waals surface area contributed by atoms with Crippen LogP contribution in [0.2, 0.25) is 0 Å². The van der Waals surface area contributed by atoms with Gasteiger partial charge in [0.2, 0.25) is 0 Å². The van der Waals surface area contributed by atoms with E-state index in [1.807, 2.05) is 0 Å². The zero-order valence-electron chi connectivity index (χ0n) is 18.7. The monoisotopic (exact) mass is 430 g/mol. The van der Waals surface area contributed by atoms with E-state index < -0.39 is 59.4 Å². The zero-order valence-corrected chi connectivity index (χ0v) is 18.7. The molecule has 1 aliphatic carbocycles. The van der Waals surface area contributed by atoms with Crippen molar-refractivity contribution in [2.24, 2.45) is 23.2 Å². The fourth-order valence-electron chi connectivity index (χ4n) is 4.19. The molecule has 0 amide bonds. The number of hydrogen-bond acceptors (Lipinski definition) is 7. The number of aldehydes is 1. The molecule has 2 rings (SSSR count). The molecule has 6 atom stereocenters. The number of hydrogen-bond donors (Lipinski definition) is 0. The average molecular weight is 430 g/mol. The van der Waals surface area contributed by atoms with Gasteiger partial charge in [-0.2, -0.15) is 0 Å². The topological polar surface area (TPSA) is 96.0 Å². The standard InChI is InChI=1S/C24H30O7/c1-9-13(5)22(27)29-18-16-15(7)23(28)30-19(16)20(31-21(26)12(3)4)24(8,10-2)17(18)14(6)11-25/h9-12,16-20H,2,6-7H2,1,3-5,8H3. The Morgan fingerprint density at radius 2 is 1.87 bits per heavy atom. The molecule has 7 heteroatoms. The number of allylic oxidation sites excluding steroid dienone is 1. The molecular weight excluding hydrogens is 400 g/mol. The van der Waals surface area contributed by atoms with Gasteiger partial charge < -0.3 is 14.2 Å². The van der Waals surface area contributed by atoms with E-state index in [0.717, 1.165) is 0 Å². The van der Waals surface area contributed by atoms with Crippen LogP contribution in [0.3, 0.4) is 0 Å². The summed E-state index contributed by atoms with van der Waals surface area (Å²) in [6.07, 6.45) is 0.757. The molecule has 1 saturated carbocycles. The molecule has 6 unspecified atom stereocenters. The molecule has 168 valence electrons. The second kappa shape index (κ2) is 9.04. The molecule has 0 bridgehead atoms. The molecule has 0 spiro atoms. The number of rotatable bonds is 7.